The first kappa shape index (κ1) is 15.6. The van der Waals surface area contributed by atoms with Gasteiger partial charge in [-0.1, -0.05) is 23.2 Å². The lowest BCUT2D eigenvalue weighted by molar-refractivity contribution is -0.0286. The van der Waals surface area contributed by atoms with E-state index in [0.717, 1.165) is 0 Å². The Morgan fingerprint density at radius 3 is 2.43 bits per heavy atom. The SMILES string of the molecule is O[C@@H]1[C@@H](CCl)OC(n2c(Cl)nc3cc(Cl)c(Cl)cc32)[C@@H]1O. The van der Waals surface area contributed by atoms with Crippen LogP contribution in [0.2, 0.25) is 15.3 Å². The first-order valence-corrected chi connectivity index (χ1v) is 7.71. The van der Waals surface area contributed by atoms with Crippen LogP contribution in [0.5, 0.6) is 0 Å². The first-order chi connectivity index (χ1) is 9.93. The normalized spacial score (nSPS) is 29.4. The number of alkyl halides is 1. The zero-order chi connectivity index (χ0) is 15.3. The molecule has 0 amide bonds. The minimum atomic E-state index is -1.18. The van der Waals surface area contributed by atoms with E-state index in [4.69, 9.17) is 51.1 Å². The number of aliphatic hydroxyl groups excluding tert-OH is 2. The number of nitrogens with zero attached hydrogens (tertiary/aromatic N) is 2. The van der Waals surface area contributed by atoms with Gasteiger partial charge in [-0.05, 0) is 23.7 Å². The van der Waals surface area contributed by atoms with Crippen molar-refractivity contribution in [3.05, 3.63) is 27.5 Å². The molecule has 1 fully saturated rings. The van der Waals surface area contributed by atoms with Crippen LogP contribution >= 0.6 is 46.4 Å². The van der Waals surface area contributed by atoms with Crippen molar-refractivity contribution in [1.29, 1.82) is 0 Å². The Morgan fingerprint density at radius 1 is 1.14 bits per heavy atom. The summed E-state index contributed by atoms with van der Waals surface area (Å²) in [5.74, 6) is 0.0472. The van der Waals surface area contributed by atoms with Crippen molar-refractivity contribution in [1.82, 2.24) is 9.55 Å². The highest BCUT2D eigenvalue weighted by Gasteiger charge is 2.44. The molecule has 4 atom stereocenters. The third-order valence-electron chi connectivity index (χ3n) is 3.43. The summed E-state index contributed by atoms with van der Waals surface area (Å²) in [6.07, 6.45) is -3.89. The molecule has 1 aromatic carbocycles. The van der Waals surface area contributed by atoms with Gasteiger partial charge in [0, 0.05) is 0 Å². The van der Waals surface area contributed by atoms with Gasteiger partial charge in [0.25, 0.3) is 0 Å². The molecule has 1 aromatic heterocycles. The van der Waals surface area contributed by atoms with Gasteiger partial charge in [0.05, 0.1) is 27.0 Å². The molecule has 9 heteroatoms. The predicted molar refractivity (Wildman–Crippen MR) is 81.4 cm³/mol. The van der Waals surface area contributed by atoms with Gasteiger partial charge in [0.1, 0.15) is 18.3 Å². The van der Waals surface area contributed by atoms with Crippen LogP contribution in [0.3, 0.4) is 0 Å². The van der Waals surface area contributed by atoms with Crippen molar-refractivity contribution >= 4 is 57.4 Å². The van der Waals surface area contributed by atoms with Gasteiger partial charge in [-0.3, -0.25) is 4.57 Å². The van der Waals surface area contributed by atoms with Crippen LogP contribution in [-0.2, 0) is 4.74 Å². The molecule has 2 heterocycles. The molecule has 0 bridgehead atoms. The third kappa shape index (κ3) is 2.51. The van der Waals surface area contributed by atoms with Crippen molar-refractivity contribution in [3.63, 3.8) is 0 Å². The maximum absolute atomic E-state index is 10.1. The summed E-state index contributed by atoms with van der Waals surface area (Å²) in [6.45, 7) is 0. The van der Waals surface area contributed by atoms with Crippen LogP contribution < -0.4 is 0 Å². The lowest BCUT2D eigenvalue weighted by Crippen LogP contribution is -2.32. The predicted octanol–water partition coefficient (Wildman–Crippen LogP) is 2.85. The molecule has 0 radical (unpaired) electrons. The summed E-state index contributed by atoms with van der Waals surface area (Å²) in [5.41, 5.74) is 1.05. The van der Waals surface area contributed by atoms with Crippen LogP contribution in [0.4, 0.5) is 0 Å². The molecule has 2 N–H and O–H groups in total. The molecule has 2 aromatic rings. The number of aliphatic hydroxyl groups is 2. The molecule has 3 rings (SSSR count). The molecule has 0 spiro atoms. The molecule has 1 unspecified atom stereocenters. The summed E-state index contributed by atoms with van der Waals surface area (Å²) >= 11 is 23.8. The van der Waals surface area contributed by atoms with E-state index >= 15 is 0 Å². The van der Waals surface area contributed by atoms with Gasteiger partial charge in [-0.25, -0.2) is 4.98 Å². The van der Waals surface area contributed by atoms with Gasteiger partial charge in [0.2, 0.25) is 5.28 Å². The Morgan fingerprint density at radius 2 is 1.81 bits per heavy atom. The monoisotopic (exact) mass is 370 g/mol. The fourth-order valence-corrected chi connectivity index (χ4v) is 3.22. The van der Waals surface area contributed by atoms with Gasteiger partial charge in [-0.15, -0.1) is 11.6 Å². The molecule has 21 heavy (non-hydrogen) atoms. The zero-order valence-electron chi connectivity index (χ0n) is 10.4. The Labute approximate surface area is 139 Å². The van der Waals surface area contributed by atoms with E-state index in [1.807, 2.05) is 0 Å². The highest BCUT2D eigenvalue weighted by atomic mass is 35.5. The van der Waals surface area contributed by atoms with Crippen LogP contribution in [0.25, 0.3) is 11.0 Å². The van der Waals surface area contributed by atoms with Crippen LogP contribution in [-0.4, -0.2) is 44.0 Å². The second-order valence-electron chi connectivity index (χ2n) is 4.71. The third-order valence-corrected chi connectivity index (χ3v) is 4.73. The molecular weight excluding hydrogens is 362 g/mol. The second-order valence-corrected chi connectivity index (χ2v) is 6.17. The number of hydrogen-bond acceptors (Lipinski definition) is 4. The van der Waals surface area contributed by atoms with E-state index < -0.39 is 24.5 Å². The number of halogens is 4. The Bertz CT molecular complexity index is 693. The van der Waals surface area contributed by atoms with E-state index in [2.05, 4.69) is 4.98 Å². The van der Waals surface area contributed by atoms with Crippen molar-refractivity contribution in [2.75, 3.05) is 5.88 Å². The van der Waals surface area contributed by atoms with E-state index in [1.165, 1.54) is 4.57 Å². The molecule has 5 nitrogen and oxygen atoms in total. The fraction of sp³-hybridized carbons (Fsp3) is 0.417. The molecule has 1 aliphatic heterocycles. The Kier molecular flexibility index (Phi) is 4.27. The van der Waals surface area contributed by atoms with Crippen molar-refractivity contribution in [2.45, 2.75) is 24.5 Å². The highest BCUT2D eigenvalue weighted by Crippen LogP contribution is 2.37. The molecule has 0 saturated carbocycles. The van der Waals surface area contributed by atoms with Crippen LogP contribution in [0.15, 0.2) is 12.1 Å². The fourth-order valence-electron chi connectivity index (χ4n) is 2.37. The summed E-state index contributed by atoms with van der Waals surface area (Å²) in [4.78, 5) is 4.15. The molecule has 1 aliphatic rings. The Balaban J connectivity index is 2.12. The zero-order valence-corrected chi connectivity index (χ0v) is 13.4. The molecule has 1 saturated heterocycles. The van der Waals surface area contributed by atoms with Crippen molar-refractivity contribution in [2.24, 2.45) is 0 Å². The smallest absolute Gasteiger partial charge is 0.206 e. The van der Waals surface area contributed by atoms with Crippen LogP contribution in [0, 0.1) is 0 Å². The maximum Gasteiger partial charge on any atom is 0.206 e. The van der Waals surface area contributed by atoms with Gasteiger partial charge in [0.15, 0.2) is 6.23 Å². The minimum Gasteiger partial charge on any atom is -0.387 e. The lowest BCUT2D eigenvalue weighted by Gasteiger charge is -2.18. The highest BCUT2D eigenvalue weighted by molar-refractivity contribution is 6.42. The van der Waals surface area contributed by atoms with Crippen LogP contribution in [0.1, 0.15) is 6.23 Å². The molecular formula is C12H10Cl4N2O3. The summed E-state index contributed by atoms with van der Waals surface area (Å²) in [5, 5.41) is 20.8. The summed E-state index contributed by atoms with van der Waals surface area (Å²) < 4.78 is 7.03. The van der Waals surface area contributed by atoms with E-state index in [9.17, 15) is 10.2 Å². The number of benzene rings is 1. The van der Waals surface area contributed by atoms with Gasteiger partial charge >= 0.3 is 0 Å². The summed E-state index contributed by atoms with van der Waals surface area (Å²) in [6, 6.07) is 3.15. The first-order valence-electron chi connectivity index (χ1n) is 6.04. The van der Waals surface area contributed by atoms with Crippen molar-refractivity contribution < 1.29 is 14.9 Å². The Hall–Kier alpha value is -0.270. The number of rotatable bonds is 2. The number of hydrogen-bond donors (Lipinski definition) is 2. The second kappa shape index (κ2) is 5.74. The molecule has 114 valence electrons. The number of ether oxygens (including phenoxy) is 1. The largest absolute Gasteiger partial charge is 0.387 e. The van der Waals surface area contributed by atoms with E-state index in [1.54, 1.807) is 12.1 Å². The van der Waals surface area contributed by atoms with Gasteiger partial charge in [-0.2, -0.15) is 0 Å². The van der Waals surface area contributed by atoms with Gasteiger partial charge < -0.3 is 14.9 Å². The summed E-state index contributed by atoms with van der Waals surface area (Å²) in [7, 11) is 0. The van der Waals surface area contributed by atoms with Crippen molar-refractivity contribution in [3.8, 4) is 0 Å². The maximum atomic E-state index is 10.1. The van der Waals surface area contributed by atoms with E-state index in [-0.39, 0.29) is 11.2 Å². The number of fused-ring (bicyclic) bond motifs is 1. The number of imidazole rings is 1. The van der Waals surface area contributed by atoms with E-state index in [0.29, 0.717) is 21.1 Å². The number of aromatic nitrogens is 2. The lowest BCUT2D eigenvalue weighted by atomic mass is 10.1. The minimum absolute atomic E-state index is 0.0472. The average Bonchev–Trinajstić information content (AvgIpc) is 2.89. The topological polar surface area (TPSA) is 67.5 Å². The average molecular weight is 372 g/mol. The quantitative estimate of drug-likeness (QED) is 0.796. The molecule has 0 aliphatic carbocycles. The standard InChI is InChI=1S/C12H10Cl4N2O3/c13-3-8-9(19)10(20)11(21-8)18-7-2-5(15)4(14)1-6(7)17-12(18)16/h1-2,8-11,19-20H,3H2/t8-,9-,10-,11?/m1/s1.